The van der Waals surface area contributed by atoms with Crippen LogP contribution in [0.2, 0.25) is 0 Å². The molecule has 0 amide bonds. The smallest absolute Gasteiger partial charge is 0.190 e. The monoisotopic (exact) mass is 335 g/mol. The zero-order valence-electron chi connectivity index (χ0n) is 9.78. The lowest BCUT2D eigenvalue weighted by Crippen LogP contribution is -2.34. The van der Waals surface area contributed by atoms with E-state index in [1.54, 1.807) is 14.2 Å². The molecular weight excluding hydrogens is 317 g/mol. The first-order valence-corrected chi connectivity index (χ1v) is 4.81. The van der Waals surface area contributed by atoms with E-state index in [9.17, 15) is 0 Å². The zero-order chi connectivity index (χ0) is 11.1. The Morgan fingerprint density at radius 3 is 2.75 bits per heavy atom. The summed E-state index contributed by atoms with van der Waals surface area (Å²) in [5.41, 5.74) is 1.16. The Morgan fingerprint density at radius 1 is 1.44 bits per heavy atom. The fourth-order valence-electron chi connectivity index (χ4n) is 1.25. The molecule has 5 heteroatoms. The first kappa shape index (κ1) is 15.0. The second kappa shape index (κ2) is 8.20. The summed E-state index contributed by atoms with van der Waals surface area (Å²) in [6, 6.07) is 7.93. The Morgan fingerprint density at radius 2 is 2.19 bits per heavy atom. The van der Waals surface area contributed by atoms with Gasteiger partial charge in [0.25, 0.3) is 0 Å². The summed E-state index contributed by atoms with van der Waals surface area (Å²) < 4.78 is 5.14. The van der Waals surface area contributed by atoms with Crippen molar-refractivity contribution in [2.75, 3.05) is 21.2 Å². The number of aliphatic imine (C=N–C) groups is 1. The topological polar surface area (TPSA) is 45.7 Å². The lowest BCUT2D eigenvalue weighted by Gasteiger charge is -2.09. The second-order valence-electron chi connectivity index (χ2n) is 3.03. The molecule has 1 aromatic rings. The number of nitrogens with one attached hydrogen (secondary N) is 2. The van der Waals surface area contributed by atoms with Gasteiger partial charge in [-0.15, -0.1) is 24.0 Å². The van der Waals surface area contributed by atoms with E-state index >= 15 is 0 Å². The molecule has 0 aliphatic heterocycles. The molecular formula is C11H18IN3O. The second-order valence-corrected chi connectivity index (χ2v) is 3.03. The largest absolute Gasteiger partial charge is 0.497 e. The van der Waals surface area contributed by atoms with E-state index in [0.29, 0.717) is 0 Å². The predicted octanol–water partition coefficient (Wildman–Crippen LogP) is 1.61. The summed E-state index contributed by atoms with van der Waals surface area (Å²) in [5.74, 6) is 1.64. The van der Waals surface area contributed by atoms with Crippen molar-refractivity contribution < 1.29 is 4.74 Å². The third kappa shape index (κ3) is 4.69. The number of nitrogens with zero attached hydrogens (tertiary/aromatic N) is 1. The minimum Gasteiger partial charge on any atom is -0.497 e. The number of halogens is 1. The van der Waals surface area contributed by atoms with Crippen molar-refractivity contribution in [1.82, 2.24) is 10.6 Å². The number of hydrogen-bond donors (Lipinski definition) is 2. The molecule has 0 heterocycles. The molecule has 0 aliphatic carbocycles. The maximum absolute atomic E-state index is 5.14. The van der Waals surface area contributed by atoms with Crippen molar-refractivity contribution >= 4 is 29.9 Å². The highest BCUT2D eigenvalue weighted by Crippen LogP contribution is 2.11. The van der Waals surface area contributed by atoms with Crippen molar-refractivity contribution in [3.63, 3.8) is 0 Å². The van der Waals surface area contributed by atoms with Crippen molar-refractivity contribution in [1.29, 1.82) is 0 Å². The molecule has 90 valence electrons. The van der Waals surface area contributed by atoms with Crippen molar-refractivity contribution in [3.8, 4) is 5.75 Å². The first-order valence-electron chi connectivity index (χ1n) is 4.81. The van der Waals surface area contributed by atoms with E-state index in [2.05, 4.69) is 15.6 Å². The average molecular weight is 335 g/mol. The van der Waals surface area contributed by atoms with E-state index in [0.717, 1.165) is 23.8 Å². The Balaban J connectivity index is 0.00000225. The number of ether oxygens (including phenoxy) is 1. The third-order valence-electron chi connectivity index (χ3n) is 2.05. The molecule has 0 saturated carbocycles. The average Bonchev–Trinajstić information content (AvgIpc) is 2.31. The van der Waals surface area contributed by atoms with Crippen molar-refractivity contribution in [2.45, 2.75) is 6.54 Å². The van der Waals surface area contributed by atoms with Crippen LogP contribution in [0.5, 0.6) is 5.75 Å². The minimum absolute atomic E-state index is 0. The first-order chi connectivity index (χ1) is 7.30. The number of benzene rings is 1. The van der Waals surface area contributed by atoms with Crippen LogP contribution in [0.1, 0.15) is 5.56 Å². The van der Waals surface area contributed by atoms with Crippen LogP contribution in [-0.4, -0.2) is 27.2 Å². The number of rotatable bonds is 3. The molecule has 0 bridgehead atoms. The molecule has 0 saturated heterocycles. The highest BCUT2D eigenvalue weighted by Gasteiger charge is 1.97. The number of guanidine groups is 1. The maximum atomic E-state index is 5.14. The van der Waals surface area contributed by atoms with Gasteiger partial charge in [-0.3, -0.25) is 4.99 Å². The van der Waals surface area contributed by atoms with Crippen LogP contribution < -0.4 is 15.4 Å². The zero-order valence-corrected chi connectivity index (χ0v) is 12.1. The van der Waals surface area contributed by atoms with E-state index in [4.69, 9.17) is 4.74 Å². The van der Waals surface area contributed by atoms with Gasteiger partial charge in [0, 0.05) is 20.6 Å². The van der Waals surface area contributed by atoms with Crippen LogP contribution in [-0.2, 0) is 6.54 Å². The maximum Gasteiger partial charge on any atom is 0.190 e. The van der Waals surface area contributed by atoms with Gasteiger partial charge in [-0.05, 0) is 17.7 Å². The van der Waals surface area contributed by atoms with E-state index in [1.165, 1.54) is 0 Å². The van der Waals surface area contributed by atoms with Crippen LogP contribution in [0.25, 0.3) is 0 Å². The summed E-state index contributed by atoms with van der Waals surface area (Å²) in [4.78, 5) is 4.03. The molecule has 0 aromatic heterocycles. The van der Waals surface area contributed by atoms with Crippen molar-refractivity contribution in [2.24, 2.45) is 4.99 Å². The van der Waals surface area contributed by atoms with Crippen LogP contribution in [0.15, 0.2) is 29.3 Å². The third-order valence-corrected chi connectivity index (χ3v) is 2.05. The fraction of sp³-hybridized carbons (Fsp3) is 0.364. The summed E-state index contributed by atoms with van der Waals surface area (Å²) in [5, 5.41) is 6.13. The molecule has 0 spiro atoms. The molecule has 1 rings (SSSR count). The van der Waals surface area contributed by atoms with Gasteiger partial charge in [0.2, 0.25) is 0 Å². The lowest BCUT2D eigenvalue weighted by atomic mass is 10.2. The van der Waals surface area contributed by atoms with Gasteiger partial charge in [0.15, 0.2) is 5.96 Å². The molecule has 16 heavy (non-hydrogen) atoms. The Bertz CT molecular complexity index is 342. The normalized spacial score (nSPS) is 10.3. The van der Waals surface area contributed by atoms with Gasteiger partial charge in [0.1, 0.15) is 5.75 Å². The van der Waals surface area contributed by atoms with Gasteiger partial charge >= 0.3 is 0 Å². The van der Waals surface area contributed by atoms with E-state index < -0.39 is 0 Å². The molecule has 0 radical (unpaired) electrons. The van der Waals surface area contributed by atoms with Gasteiger partial charge in [-0.25, -0.2) is 0 Å². The SMILES string of the molecule is CN=C(NC)NCc1cccc(OC)c1.I. The number of hydrogen-bond acceptors (Lipinski definition) is 2. The predicted molar refractivity (Wildman–Crippen MR) is 77.7 cm³/mol. The Hall–Kier alpha value is -0.980. The summed E-state index contributed by atoms with van der Waals surface area (Å²) >= 11 is 0. The van der Waals surface area contributed by atoms with Crippen LogP contribution in [0.4, 0.5) is 0 Å². The molecule has 4 nitrogen and oxygen atoms in total. The highest BCUT2D eigenvalue weighted by molar-refractivity contribution is 14.0. The van der Waals surface area contributed by atoms with Gasteiger partial charge in [-0.2, -0.15) is 0 Å². The molecule has 2 N–H and O–H groups in total. The lowest BCUT2D eigenvalue weighted by molar-refractivity contribution is 0.414. The van der Waals surface area contributed by atoms with E-state index in [1.807, 2.05) is 31.3 Å². The summed E-state index contributed by atoms with van der Waals surface area (Å²) in [6.07, 6.45) is 0. The summed E-state index contributed by atoms with van der Waals surface area (Å²) in [7, 11) is 5.24. The molecule has 0 fully saturated rings. The van der Waals surface area contributed by atoms with Crippen LogP contribution in [0.3, 0.4) is 0 Å². The van der Waals surface area contributed by atoms with Crippen LogP contribution >= 0.6 is 24.0 Å². The Kier molecular flexibility index (Phi) is 7.70. The Labute approximate surface area is 114 Å². The quantitative estimate of drug-likeness (QED) is 0.501. The molecule has 0 atom stereocenters. The molecule has 0 aliphatic rings. The fourth-order valence-corrected chi connectivity index (χ4v) is 1.25. The van der Waals surface area contributed by atoms with Crippen LogP contribution in [0, 0.1) is 0 Å². The van der Waals surface area contributed by atoms with Gasteiger partial charge < -0.3 is 15.4 Å². The number of methoxy groups -OCH3 is 1. The highest BCUT2D eigenvalue weighted by atomic mass is 127. The minimum atomic E-state index is 0. The summed E-state index contributed by atoms with van der Waals surface area (Å²) in [6.45, 7) is 0.727. The standard InChI is InChI=1S/C11H17N3O.HI/c1-12-11(13-2)14-8-9-5-4-6-10(7-9)15-3;/h4-7H,8H2,1-3H3,(H2,12,13,14);1H. The molecule has 1 aromatic carbocycles. The van der Waals surface area contributed by atoms with E-state index in [-0.39, 0.29) is 24.0 Å². The molecule has 0 unspecified atom stereocenters. The van der Waals surface area contributed by atoms with Crippen molar-refractivity contribution in [3.05, 3.63) is 29.8 Å². The van der Waals surface area contributed by atoms with Gasteiger partial charge in [-0.1, -0.05) is 12.1 Å². The van der Waals surface area contributed by atoms with Gasteiger partial charge in [0.05, 0.1) is 7.11 Å².